The number of carbonyl (C=O) groups is 1. The average molecular weight is 211 g/mol. The fourth-order valence-corrected chi connectivity index (χ4v) is 1.30. The van der Waals surface area contributed by atoms with Crippen molar-refractivity contribution in [2.24, 2.45) is 5.73 Å². The Morgan fingerprint density at radius 2 is 2.27 bits per heavy atom. The van der Waals surface area contributed by atoms with Crippen LogP contribution in [0.5, 0.6) is 5.75 Å². The van der Waals surface area contributed by atoms with Gasteiger partial charge in [-0.2, -0.15) is 0 Å². The first-order valence-corrected chi connectivity index (χ1v) is 4.62. The fraction of sp³-hybridized carbons (Fsp3) is 0.364. The molecule has 15 heavy (non-hydrogen) atoms. The molecule has 0 fully saturated rings. The number of hydrogen-bond acceptors (Lipinski definition) is 3. The van der Waals surface area contributed by atoms with Crippen LogP contribution in [0.4, 0.5) is 4.39 Å². The highest BCUT2D eigenvalue weighted by molar-refractivity contribution is 6.00. The Bertz CT molecular complexity index is 364. The summed E-state index contributed by atoms with van der Waals surface area (Å²) in [6.45, 7) is 0.935. The lowest BCUT2D eigenvalue weighted by Crippen LogP contribution is -2.26. The molecule has 0 aromatic heterocycles. The number of ether oxygens (including phenoxy) is 1. The molecule has 1 atom stereocenters. The lowest BCUT2D eigenvalue weighted by molar-refractivity contribution is 0.0968. The minimum Gasteiger partial charge on any atom is -0.496 e. The number of methoxy groups -OCH3 is 1. The molecule has 0 amide bonds. The second kappa shape index (κ2) is 4.89. The van der Waals surface area contributed by atoms with Gasteiger partial charge in [0.1, 0.15) is 12.4 Å². The molecule has 3 nitrogen and oxygen atoms in total. The third-order valence-corrected chi connectivity index (χ3v) is 2.12. The number of ketones is 1. The van der Waals surface area contributed by atoms with Crippen LogP contribution in [0.2, 0.25) is 0 Å². The van der Waals surface area contributed by atoms with Crippen LogP contribution in [0.1, 0.15) is 22.8 Å². The number of carbonyl (C=O) groups excluding carboxylic acids is 1. The molecule has 0 aliphatic rings. The van der Waals surface area contributed by atoms with Crippen molar-refractivity contribution in [3.8, 4) is 5.75 Å². The number of alkyl halides is 1. The zero-order valence-corrected chi connectivity index (χ0v) is 8.79. The summed E-state index contributed by atoms with van der Waals surface area (Å²) in [5, 5.41) is 0. The Hall–Kier alpha value is -1.42. The molecule has 0 saturated heterocycles. The first-order valence-electron chi connectivity index (χ1n) is 4.62. The Labute approximate surface area is 88.0 Å². The van der Waals surface area contributed by atoms with Crippen LogP contribution in [0.15, 0.2) is 18.2 Å². The summed E-state index contributed by atoms with van der Waals surface area (Å²) in [5.74, 6) is 0.242. The van der Waals surface area contributed by atoms with E-state index < -0.39 is 12.7 Å². The van der Waals surface area contributed by atoms with Crippen molar-refractivity contribution in [1.29, 1.82) is 0 Å². The van der Waals surface area contributed by atoms with Crippen LogP contribution >= 0.6 is 0 Å². The highest BCUT2D eigenvalue weighted by atomic mass is 19.1. The number of hydrogen-bond donors (Lipinski definition) is 1. The summed E-state index contributed by atoms with van der Waals surface area (Å²) in [6.07, 6.45) is 0. The minimum absolute atomic E-state index is 0.202. The monoisotopic (exact) mass is 211 g/mol. The van der Waals surface area contributed by atoms with E-state index in [0.717, 1.165) is 0 Å². The van der Waals surface area contributed by atoms with E-state index in [1.54, 1.807) is 19.1 Å². The maximum atomic E-state index is 12.6. The third-order valence-electron chi connectivity index (χ3n) is 2.12. The van der Waals surface area contributed by atoms with Gasteiger partial charge in [-0.3, -0.25) is 4.79 Å². The number of benzene rings is 1. The largest absolute Gasteiger partial charge is 0.496 e. The van der Waals surface area contributed by atoms with Gasteiger partial charge < -0.3 is 10.5 Å². The highest BCUT2D eigenvalue weighted by Gasteiger charge is 2.13. The summed E-state index contributed by atoms with van der Waals surface area (Å²) in [6, 6.07) is 4.06. The summed E-state index contributed by atoms with van der Waals surface area (Å²) in [7, 11) is 1.46. The molecule has 0 saturated carbocycles. The van der Waals surface area contributed by atoms with Crippen molar-refractivity contribution in [3.05, 3.63) is 29.3 Å². The molecule has 1 unspecified atom stereocenters. The van der Waals surface area contributed by atoms with Gasteiger partial charge in [-0.25, -0.2) is 4.39 Å². The zero-order valence-electron chi connectivity index (χ0n) is 8.79. The Kier molecular flexibility index (Phi) is 3.80. The highest BCUT2D eigenvalue weighted by Crippen LogP contribution is 2.21. The van der Waals surface area contributed by atoms with Gasteiger partial charge in [0.25, 0.3) is 0 Å². The van der Waals surface area contributed by atoms with Crippen molar-refractivity contribution in [2.45, 2.75) is 19.6 Å². The number of rotatable bonds is 4. The molecule has 1 rings (SSSR count). The number of nitrogens with two attached hydrogens (primary N) is 1. The van der Waals surface area contributed by atoms with Crippen molar-refractivity contribution < 1.29 is 13.9 Å². The van der Waals surface area contributed by atoms with Gasteiger partial charge in [-0.1, -0.05) is 0 Å². The van der Waals surface area contributed by atoms with Crippen LogP contribution < -0.4 is 10.5 Å². The zero-order chi connectivity index (χ0) is 11.4. The van der Waals surface area contributed by atoms with E-state index in [1.807, 2.05) is 0 Å². The molecule has 0 heterocycles. The maximum Gasteiger partial charge on any atom is 0.179 e. The van der Waals surface area contributed by atoms with Crippen molar-refractivity contribution in [2.75, 3.05) is 7.11 Å². The molecule has 0 spiro atoms. The predicted molar refractivity (Wildman–Crippen MR) is 55.8 cm³/mol. The van der Waals surface area contributed by atoms with E-state index in [1.165, 1.54) is 13.2 Å². The molecular formula is C11H14FNO2. The molecule has 4 heteroatoms. The molecule has 1 aromatic carbocycles. The number of Topliss-reactive ketones (excluding diaryl/α,β-unsaturated/α-hetero) is 1. The molecule has 0 bridgehead atoms. The summed E-state index contributed by atoms with van der Waals surface area (Å²) >= 11 is 0. The smallest absolute Gasteiger partial charge is 0.179 e. The van der Waals surface area contributed by atoms with E-state index >= 15 is 0 Å². The Balaban J connectivity index is 3.08. The van der Waals surface area contributed by atoms with E-state index in [2.05, 4.69) is 0 Å². The maximum absolute atomic E-state index is 12.6. The summed E-state index contributed by atoms with van der Waals surface area (Å²) in [4.78, 5) is 11.5. The van der Waals surface area contributed by atoms with Gasteiger partial charge in [-0.05, 0) is 25.1 Å². The number of halogens is 1. The molecule has 82 valence electrons. The summed E-state index contributed by atoms with van der Waals surface area (Å²) in [5.41, 5.74) is 6.24. The van der Waals surface area contributed by atoms with E-state index in [-0.39, 0.29) is 5.78 Å². The second-order valence-electron chi connectivity index (χ2n) is 3.31. The Morgan fingerprint density at radius 3 is 2.73 bits per heavy atom. The average Bonchev–Trinajstić information content (AvgIpc) is 2.26. The summed E-state index contributed by atoms with van der Waals surface area (Å²) < 4.78 is 17.5. The quantitative estimate of drug-likeness (QED) is 0.771. The van der Waals surface area contributed by atoms with Crippen LogP contribution in [-0.4, -0.2) is 18.9 Å². The van der Waals surface area contributed by atoms with Gasteiger partial charge in [0.2, 0.25) is 0 Å². The van der Waals surface area contributed by atoms with Gasteiger partial charge in [0.15, 0.2) is 5.78 Å². The standard InChI is InChI=1S/C11H14FNO2/c1-7(13)11(14)8-3-4-10(15-2)9(5-8)6-12/h3-5,7H,6,13H2,1-2H3. The van der Waals surface area contributed by atoms with Crippen molar-refractivity contribution >= 4 is 5.78 Å². The Morgan fingerprint density at radius 1 is 1.60 bits per heavy atom. The first kappa shape index (κ1) is 11.7. The first-order chi connectivity index (χ1) is 7.10. The molecule has 1 aromatic rings. The van der Waals surface area contributed by atoms with Crippen LogP contribution in [0.3, 0.4) is 0 Å². The van der Waals surface area contributed by atoms with Gasteiger partial charge in [0.05, 0.1) is 13.2 Å². The third kappa shape index (κ3) is 2.53. The second-order valence-corrected chi connectivity index (χ2v) is 3.31. The molecule has 2 N–H and O–H groups in total. The van der Waals surface area contributed by atoms with Gasteiger partial charge in [0, 0.05) is 11.1 Å². The van der Waals surface area contributed by atoms with Crippen molar-refractivity contribution in [3.63, 3.8) is 0 Å². The van der Waals surface area contributed by atoms with Gasteiger partial charge in [-0.15, -0.1) is 0 Å². The molecule has 0 radical (unpaired) electrons. The van der Waals surface area contributed by atoms with E-state index in [0.29, 0.717) is 16.9 Å². The van der Waals surface area contributed by atoms with E-state index in [4.69, 9.17) is 10.5 Å². The molecular weight excluding hydrogens is 197 g/mol. The SMILES string of the molecule is COc1ccc(C(=O)C(C)N)cc1CF. The van der Waals surface area contributed by atoms with Crippen molar-refractivity contribution in [1.82, 2.24) is 0 Å². The van der Waals surface area contributed by atoms with E-state index in [9.17, 15) is 9.18 Å². The van der Waals surface area contributed by atoms with Crippen LogP contribution in [0.25, 0.3) is 0 Å². The van der Waals surface area contributed by atoms with Gasteiger partial charge >= 0.3 is 0 Å². The molecule has 0 aliphatic carbocycles. The van der Waals surface area contributed by atoms with Crippen LogP contribution in [-0.2, 0) is 6.67 Å². The lowest BCUT2D eigenvalue weighted by Gasteiger charge is -2.09. The topological polar surface area (TPSA) is 52.3 Å². The lowest BCUT2D eigenvalue weighted by atomic mass is 10.0. The van der Waals surface area contributed by atoms with Crippen LogP contribution in [0, 0.1) is 0 Å². The predicted octanol–water partition coefficient (Wildman–Crippen LogP) is 1.69. The normalized spacial score (nSPS) is 12.3. The fourth-order valence-electron chi connectivity index (χ4n) is 1.30. The minimum atomic E-state index is -0.663. The molecule has 0 aliphatic heterocycles.